The highest BCUT2D eigenvalue weighted by Gasteiger charge is 2.36. The van der Waals surface area contributed by atoms with E-state index in [2.05, 4.69) is 4.72 Å². The molecule has 1 rings (SSSR count). The number of methoxy groups -OCH3 is 2. The van der Waals surface area contributed by atoms with Crippen molar-refractivity contribution in [2.75, 3.05) is 32.0 Å². The number of halogens is 2. The Morgan fingerprint density at radius 1 is 1.33 bits per heavy atom. The Morgan fingerprint density at radius 2 is 1.96 bits per heavy atom. The van der Waals surface area contributed by atoms with Crippen LogP contribution in [0.2, 0.25) is 10.0 Å². The van der Waals surface area contributed by atoms with Crippen LogP contribution in [0, 0.1) is 0 Å². The number of hydrogen-bond donors (Lipinski definition) is 2. The highest BCUT2D eigenvalue weighted by molar-refractivity contribution is 7.98. The summed E-state index contributed by atoms with van der Waals surface area (Å²) in [6.45, 7) is 0. The molecule has 1 amide bonds. The molecular weight excluding hydrogens is 435 g/mol. The quantitative estimate of drug-likeness (QED) is 0.465. The minimum Gasteiger partial charge on any atom is -0.368 e. The largest absolute Gasteiger partial charge is 0.368 e. The van der Waals surface area contributed by atoms with Crippen LogP contribution in [0.5, 0.6) is 0 Å². The first-order chi connectivity index (χ1) is 12.6. The summed E-state index contributed by atoms with van der Waals surface area (Å²) in [7, 11) is -1.05. The number of carbonyl (C=O) groups is 1. The Hall–Kier alpha value is -0.550. The molecule has 0 aromatic heterocycles. The predicted molar refractivity (Wildman–Crippen MR) is 110 cm³/mol. The van der Waals surface area contributed by atoms with Gasteiger partial charge < -0.3 is 15.2 Å². The number of thioether (sulfide) groups is 1. The number of ether oxygens (including phenoxy) is 2. The number of rotatable bonds is 12. The highest BCUT2D eigenvalue weighted by Crippen LogP contribution is 2.36. The van der Waals surface area contributed by atoms with Gasteiger partial charge in [0.15, 0.2) is 5.79 Å². The molecule has 0 saturated heterocycles. The predicted octanol–water partition coefficient (Wildman–Crippen LogP) is 2.36. The Labute approximate surface area is 174 Å². The van der Waals surface area contributed by atoms with E-state index >= 15 is 0 Å². The Balaban J connectivity index is 2.99. The van der Waals surface area contributed by atoms with Crippen molar-refractivity contribution in [3.05, 3.63) is 33.8 Å². The van der Waals surface area contributed by atoms with E-state index in [4.69, 9.17) is 38.4 Å². The van der Waals surface area contributed by atoms with Crippen molar-refractivity contribution in [3.8, 4) is 0 Å². The van der Waals surface area contributed by atoms with Crippen molar-refractivity contribution >= 4 is 50.9 Å². The summed E-state index contributed by atoms with van der Waals surface area (Å²) in [5, 5.41) is 0.712. The fraction of sp³-hybridized carbons (Fsp3) is 0.562. The molecule has 0 fully saturated rings. The van der Waals surface area contributed by atoms with Gasteiger partial charge in [0.25, 0.3) is 0 Å². The second-order valence-electron chi connectivity index (χ2n) is 5.71. The summed E-state index contributed by atoms with van der Waals surface area (Å²) in [6.07, 6.45) is 2.09. The van der Waals surface area contributed by atoms with Crippen LogP contribution >= 0.6 is 35.0 Å². The number of carbonyl (C=O) groups excluding carboxylic acids is 1. The van der Waals surface area contributed by atoms with E-state index in [1.807, 2.05) is 6.26 Å². The van der Waals surface area contributed by atoms with E-state index in [9.17, 15) is 13.2 Å². The Bertz CT molecular complexity index is 742. The third-order valence-electron chi connectivity index (χ3n) is 3.98. The highest BCUT2D eigenvalue weighted by atomic mass is 35.5. The second-order valence-corrected chi connectivity index (χ2v) is 9.41. The third-order valence-corrected chi connectivity index (χ3v) is 6.55. The van der Waals surface area contributed by atoms with E-state index < -0.39 is 27.8 Å². The molecule has 0 spiro atoms. The van der Waals surface area contributed by atoms with E-state index in [1.54, 1.807) is 12.1 Å². The number of primary amides is 1. The van der Waals surface area contributed by atoms with Crippen molar-refractivity contribution in [1.82, 2.24) is 4.72 Å². The lowest BCUT2D eigenvalue weighted by Gasteiger charge is -2.32. The van der Waals surface area contributed by atoms with Gasteiger partial charge in [-0.15, -0.1) is 0 Å². The zero-order valence-electron chi connectivity index (χ0n) is 15.3. The summed E-state index contributed by atoms with van der Waals surface area (Å²) in [6, 6.07) is 3.76. The molecule has 1 atom stereocenters. The first kappa shape index (κ1) is 24.5. The molecule has 0 aliphatic rings. The maximum absolute atomic E-state index is 12.5. The first-order valence-electron chi connectivity index (χ1n) is 7.95. The number of benzene rings is 1. The van der Waals surface area contributed by atoms with Crippen LogP contribution in [0.15, 0.2) is 18.2 Å². The molecule has 0 radical (unpaired) electrons. The van der Waals surface area contributed by atoms with E-state index in [0.717, 1.165) is 0 Å². The number of hydrogen-bond acceptors (Lipinski definition) is 6. The fourth-order valence-electron chi connectivity index (χ4n) is 2.48. The summed E-state index contributed by atoms with van der Waals surface area (Å²) < 4.78 is 38.2. The molecule has 1 aromatic rings. The van der Waals surface area contributed by atoms with Crippen LogP contribution in [0.4, 0.5) is 0 Å². The van der Waals surface area contributed by atoms with Crippen LogP contribution < -0.4 is 10.5 Å². The second kappa shape index (κ2) is 10.8. The maximum Gasteiger partial charge on any atom is 0.235 e. The number of sulfonamides is 1. The lowest BCUT2D eigenvalue weighted by molar-refractivity contribution is -0.216. The lowest BCUT2D eigenvalue weighted by Crippen LogP contribution is -2.46. The van der Waals surface area contributed by atoms with Crippen LogP contribution in [0.1, 0.15) is 18.4 Å². The average Bonchev–Trinajstić information content (AvgIpc) is 2.60. The lowest BCUT2D eigenvalue weighted by atomic mass is 10.0. The normalized spacial score (nSPS) is 13.5. The molecule has 0 aliphatic carbocycles. The number of amides is 1. The molecule has 27 heavy (non-hydrogen) atoms. The molecule has 0 aliphatic heterocycles. The molecule has 0 bridgehead atoms. The molecule has 11 heteroatoms. The van der Waals surface area contributed by atoms with Crippen LogP contribution in [-0.4, -0.2) is 52.3 Å². The van der Waals surface area contributed by atoms with Gasteiger partial charge in [0.05, 0.1) is 10.8 Å². The molecule has 1 unspecified atom stereocenters. The molecular formula is C16H24Cl2N2O5S2. The standard InChI is InChI=1S/C16H24Cl2N2O5S2/c1-24-16(25-2,12-5-4-11(17)10-13(12)18)7-9-27(22,23)20-14(15(19)21)6-8-26-3/h4-5,10,14,20H,6-9H2,1-3H3,(H2,19,21). The van der Waals surface area contributed by atoms with E-state index in [-0.39, 0.29) is 17.2 Å². The van der Waals surface area contributed by atoms with Gasteiger partial charge in [-0.25, -0.2) is 13.1 Å². The van der Waals surface area contributed by atoms with E-state index in [1.165, 1.54) is 32.0 Å². The van der Waals surface area contributed by atoms with Gasteiger partial charge in [-0.05, 0) is 30.6 Å². The van der Waals surface area contributed by atoms with Crippen LogP contribution in [0.3, 0.4) is 0 Å². The van der Waals surface area contributed by atoms with Crippen molar-refractivity contribution in [1.29, 1.82) is 0 Å². The molecule has 0 heterocycles. The van der Waals surface area contributed by atoms with Gasteiger partial charge in [0.2, 0.25) is 15.9 Å². The van der Waals surface area contributed by atoms with E-state index in [0.29, 0.717) is 22.8 Å². The molecule has 7 nitrogen and oxygen atoms in total. The minimum atomic E-state index is -3.83. The topological polar surface area (TPSA) is 108 Å². The fourth-order valence-corrected chi connectivity index (χ4v) is 4.83. The van der Waals surface area contributed by atoms with Crippen molar-refractivity contribution in [3.63, 3.8) is 0 Å². The van der Waals surface area contributed by atoms with Gasteiger partial charge in [-0.1, -0.05) is 29.3 Å². The summed E-state index contributed by atoms with van der Waals surface area (Å²) in [5.41, 5.74) is 5.74. The van der Waals surface area contributed by atoms with Gasteiger partial charge >= 0.3 is 0 Å². The first-order valence-corrected chi connectivity index (χ1v) is 11.7. The zero-order valence-corrected chi connectivity index (χ0v) is 18.5. The summed E-state index contributed by atoms with van der Waals surface area (Å²) in [4.78, 5) is 11.5. The summed E-state index contributed by atoms with van der Waals surface area (Å²) in [5.74, 6) is -1.89. The van der Waals surface area contributed by atoms with Crippen molar-refractivity contribution < 1.29 is 22.7 Å². The zero-order chi connectivity index (χ0) is 20.7. The Kier molecular flexibility index (Phi) is 9.84. The maximum atomic E-state index is 12.5. The minimum absolute atomic E-state index is 0.0648. The number of nitrogens with two attached hydrogens (primary N) is 1. The van der Waals surface area contributed by atoms with Crippen LogP contribution in [-0.2, 0) is 30.1 Å². The molecule has 0 saturated carbocycles. The van der Waals surface area contributed by atoms with Crippen molar-refractivity contribution in [2.24, 2.45) is 5.73 Å². The SMILES string of the molecule is COC(CCS(=O)(=O)NC(CCSC)C(N)=O)(OC)c1ccc(Cl)cc1Cl. The molecule has 1 aromatic carbocycles. The van der Waals surface area contributed by atoms with Gasteiger partial charge in [0, 0.05) is 31.2 Å². The monoisotopic (exact) mass is 458 g/mol. The smallest absolute Gasteiger partial charge is 0.235 e. The molecule has 3 N–H and O–H groups in total. The third kappa shape index (κ3) is 7.08. The Morgan fingerprint density at radius 3 is 2.44 bits per heavy atom. The average molecular weight is 459 g/mol. The van der Waals surface area contributed by atoms with Gasteiger partial charge in [0.1, 0.15) is 6.04 Å². The van der Waals surface area contributed by atoms with Crippen LogP contribution in [0.25, 0.3) is 0 Å². The van der Waals surface area contributed by atoms with Gasteiger partial charge in [-0.3, -0.25) is 4.79 Å². The molecule has 154 valence electrons. The van der Waals surface area contributed by atoms with Crippen molar-refractivity contribution in [2.45, 2.75) is 24.7 Å². The van der Waals surface area contributed by atoms with Gasteiger partial charge in [-0.2, -0.15) is 11.8 Å². The summed E-state index contributed by atoms with van der Waals surface area (Å²) >= 11 is 13.6. The number of nitrogens with one attached hydrogen (secondary N) is 1.